The Labute approximate surface area is 222 Å². The minimum absolute atomic E-state index is 0.117. The van der Waals surface area contributed by atoms with Crippen LogP contribution in [-0.4, -0.2) is 52.3 Å². The van der Waals surface area contributed by atoms with Crippen LogP contribution in [0.1, 0.15) is 41.9 Å². The number of anilines is 1. The van der Waals surface area contributed by atoms with Crippen molar-refractivity contribution in [3.05, 3.63) is 76.6 Å². The van der Waals surface area contributed by atoms with Crippen molar-refractivity contribution >= 4 is 29.1 Å². The molecule has 2 heterocycles. The lowest BCUT2D eigenvalue weighted by Gasteiger charge is -2.33. The summed E-state index contributed by atoms with van der Waals surface area (Å²) in [7, 11) is 0. The molecule has 8 nitrogen and oxygen atoms in total. The molecule has 1 aliphatic heterocycles. The van der Waals surface area contributed by atoms with Gasteiger partial charge in [0.2, 0.25) is 5.91 Å². The molecular formula is C28H33ClN4O4. The van der Waals surface area contributed by atoms with E-state index in [1.807, 2.05) is 74.2 Å². The molecule has 1 saturated heterocycles. The third-order valence-electron chi connectivity index (χ3n) is 6.16. The van der Waals surface area contributed by atoms with E-state index in [9.17, 15) is 9.59 Å². The van der Waals surface area contributed by atoms with Gasteiger partial charge in [-0.15, -0.1) is 0 Å². The van der Waals surface area contributed by atoms with Crippen molar-refractivity contribution in [3.8, 4) is 5.75 Å². The summed E-state index contributed by atoms with van der Waals surface area (Å²) in [5, 5.41) is 7.49. The quantitative estimate of drug-likeness (QED) is 0.428. The van der Waals surface area contributed by atoms with Crippen molar-refractivity contribution in [2.75, 3.05) is 25.0 Å². The minimum atomic E-state index is -0.368. The highest BCUT2D eigenvalue weighted by Crippen LogP contribution is 2.25. The number of benzene rings is 2. The number of nitrogens with zero attached hydrogens (tertiary/aromatic N) is 3. The molecule has 196 valence electrons. The van der Waals surface area contributed by atoms with Crippen LogP contribution in [0.3, 0.4) is 0 Å². The monoisotopic (exact) mass is 524 g/mol. The molecule has 0 bridgehead atoms. The summed E-state index contributed by atoms with van der Waals surface area (Å²) in [6.07, 6.45) is 1.67. The Hall–Kier alpha value is -3.36. The van der Waals surface area contributed by atoms with Gasteiger partial charge in [-0.3, -0.25) is 14.3 Å². The fourth-order valence-corrected chi connectivity index (χ4v) is 4.47. The first-order valence-corrected chi connectivity index (χ1v) is 12.9. The topological polar surface area (TPSA) is 85.7 Å². The third kappa shape index (κ3) is 7.11. The predicted octanol–water partition coefficient (Wildman–Crippen LogP) is 4.95. The van der Waals surface area contributed by atoms with Gasteiger partial charge in [0.15, 0.2) is 0 Å². The molecule has 1 aliphatic rings. The van der Waals surface area contributed by atoms with E-state index in [1.165, 1.54) is 6.20 Å². The van der Waals surface area contributed by atoms with E-state index < -0.39 is 0 Å². The van der Waals surface area contributed by atoms with Crippen LogP contribution in [-0.2, 0) is 22.7 Å². The van der Waals surface area contributed by atoms with Gasteiger partial charge in [0.25, 0.3) is 5.91 Å². The zero-order valence-electron chi connectivity index (χ0n) is 21.4. The molecule has 1 aromatic heterocycles. The molecule has 1 N–H and O–H groups in total. The molecule has 2 aromatic carbocycles. The molecule has 4 rings (SSSR count). The molecule has 2 amide bonds. The number of hydrogen-bond donors (Lipinski definition) is 1. The highest BCUT2D eigenvalue weighted by atomic mass is 35.5. The first-order valence-electron chi connectivity index (χ1n) is 12.5. The van der Waals surface area contributed by atoms with Crippen LogP contribution in [0.4, 0.5) is 5.69 Å². The number of hydrogen-bond acceptors (Lipinski definition) is 5. The number of rotatable bonds is 9. The summed E-state index contributed by atoms with van der Waals surface area (Å²) in [5.74, 6) is 0.758. The van der Waals surface area contributed by atoms with Crippen molar-refractivity contribution in [2.45, 2.75) is 46.4 Å². The second-order valence-electron chi connectivity index (χ2n) is 9.66. The maximum Gasteiger partial charge on any atom is 0.275 e. The molecule has 1 atom stereocenters. The summed E-state index contributed by atoms with van der Waals surface area (Å²) < 4.78 is 13.3. The van der Waals surface area contributed by atoms with Crippen LogP contribution < -0.4 is 10.1 Å². The van der Waals surface area contributed by atoms with E-state index in [4.69, 9.17) is 21.1 Å². The average Bonchev–Trinajstić information content (AvgIpc) is 3.24. The van der Waals surface area contributed by atoms with Crippen LogP contribution in [0, 0.1) is 12.8 Å². The predicted molar refractivity (Wildman–Crippen MR) is 143 cm³/mol. The zero-order valence-corrected chi connectivity index (χ0v) is 22.2. The lowest BCUT2D eigenvalue weighted by Crippen LogP contribution is -2.47. The number of carbonyl (C=O) groups excluding carboxylic acids is 2. The molecule has 9 heteroatoms. The van der Waals surface area contributed by atoms with Crippen LogP contribution in [0.25, 0.3) is 0 Å². The smallest absolute Gasteiger partial charge is 0.275 e. The van der Waals surface area contributed by atoms with E-state index in [0.717, 1.165) is 11.1 Å². The van der Waals surface area contributed by atoms with Crippen LogP contribution in [0.5, 0.6) is 5.75 Å². The maximum absolute atomic E-state index is 13.2. The Bertz CT molecular complexity index is 1230. The van der Waals surface area contributed by atoms with Crippen LogP contribution in [0.15, 0.2) is 54.7 Å². The Morgan fingerprint density at radius 2 is 2.00 bits per heavy atom. The van der Waals surface area contributed by atoms with Crippen molar-refractivity contribution < 1.29 is 19.1 Å². The number of morpholine rings is 1. The molecule has 1 unspecified atom stereocenters. The highest BCUT2D eigenvalue weighted by Gasteiger charge is 2.27. The summed E-state index contributed by atoms with van der Waals surface area (Å²) in [5.41, 5.74) is 2.84. The second kappa shape index (κ2) is 12.3. The van der Waals surface area contributed by atoms with E-state index >= 15 is 0 Å². The summed E-state index contributed by atoms with van der Waals surface area (Å²) >= 11 is 6.36. The first kappa shape index (κ1) is 26.7. The van der Waals surface area contributed by atoms with Gasteiger partial charge in [-0.1, -0.05) is 55.8 Å². The molecule has 0 saturated carbocycles. The Morgan fingerprint density at radius 3 is 2.73 bits per heavy atom. The molecule has 0 radical (unpaired) electrons. The summed E-state index contributed by atoms with van der Waals surface area (Å²) in [6, 6.07) is 15.4. The van der Waals surface area contributed by atoms with E-state index in [-0.39, 0.29) is 28.6 Å². The number of amides is 2. The number of aryl methyl sites for hydroxylation is 1. The van der Waals surface area contributed by atoms with Crippen molar-refractivity contribution in [1.82, 2.24) is 14.7 Å². The molecule has 1 fully saturated rings. The maximum atomic E-state index is 13.2. The third-order valence-corrected chi connectivity index (χ3v) is 6.43. The Morgan fingerprint density at radius 1 is 1.22 bits per heavy atom. The number of nitrogens with one attached hydrogen (secondary N) is 1. The number of aromatic nitrogens is 2. The van der Waals surface area contributed by atoms with Crippen LogP contribution in [0.2, 0.25) is 5.02 Å². The van der Waals surface area contributed by atoms with Gasteiger partial charge in [0.05, 0.1) is 30.5 Å². The lowest BCUT2D eigenvalue weighted by atomic mass is 10.1. The zero-order chi connectivity index (χ0) is 26.4. The molecule has 37 heavy (non-hydrogen) atoms. The van der Waals surface area contributed by atoms with E-state index in [1.54, 1.807) is 4.68 Å². The largest absolute Gasteiger partial charge is 0.489 e. The minimum Gasteiger partial charge on any atom is -0.489 e. The lowest BCUT2D eigenvalue weighted by molar-refractivity contribution is -0.140. The summed E-state index contributed by atoms with van der Waals surface area (Å²) in [4.78, 5) is 27.5. The summed E-state index contributed by atoms with van der Waals surface area (Å²) in [6.45, 7) is 8.20. The number of halogens is 1. The van der Waals surface area contributed by atoms with Gasteiger partial charge >= 0.3 is 0 Å². The van der Waals surface area contributed by atoms with Gasteiger partial charge in [-0.2, -0.15) is 5.10 Å². The van der Waals surface area contributed by atoms with Gasteiger partial charge in [-0.25, -0.2) is 0 Å². The van der Waals surface area contributed by atoms with Crippen molar-refractivity contribution in [3.63, 3.8) is 0 Å². The Balaban J connectivity index is 1.39. The highest BCUT2D eigenvalue weighted by molar-refractivity contribution is 6.34. The standard InChI is InChI=1S/C28H33ClN4O4/c1-19(2)13-26(34)32-11-12-36-23(16-32)17-33-27(24(29)15-30-33)28(35)31-25-10-9-22(14-20(25)3)37-18-21-7-5-4-6-8-21/h4-10,14-15,19,23H,11-13,16-18H2,1-3H3,(H,31,35). The number of carbonyl (C=O) groups is 2. The number of ether oxygens (including phenoxy) is 2. The fourth-order valence-electron chi connectivity index (χ4n) is 4.24. The van der Waals surface area contributed by atoms with Gasteiger partial charge in [-0.05, 0) is 42.2 Å². The van der Waals surface area contributed by atoms with Gasteiger partial charge in [0.1, 0.15) is 18.1 Å². The van der Waals surface area contributed by atoms with E-state index in [0.29, 0.717) is 56.6 Å². The normalized spacial score (nSPS) is 15.6. The van der Waals surface area contributed by atoms with Gasteiger partial charge in [0, 0.05) is 25.2 Å². The fraction of sp³-hybridized carbons (Fsp3) is 0.393. The molecule has 0 spiro atoms. The molecular weight excluding hydrogens is 492 g/mol. The first-order chi connectivity index (χ1) is 17.8. The second-order valence-corrected chi connectivity index (χ2v) is 10.1. The average molecular weight is 525 g/mol. The molecule has 0 aliphatic carbocycles. The Kier molecular flexibility index (Phi) is 8.84. The molecule has 3 aromatic rings. The van der Waals surface area contributed by atoms with E-state index in [2.05, 4.69) is 10.4 Å². The van der Waals surface area contributed by atoms with Gasteiger partial charge < -0.3 is 19.7 Å². The van der Waals surface area contributed by atoms with Crippen molar-refractivity contribution in [2.24, 2.45) is 5.92 Å². The van der Waals surface area contributed by atoms with Crippen molar-refractivity contribution in [1.29, 1.82) is 0 Å². The SMILES string of the molecule is Cc1cc(OCc2ccccc2)ccc1NC(=O)c1c(Cl)cnn1CC1CN(C(=O)CC(C)C)CCO1. The van der Waals surface area contributed by atoms with Crippen LogP contribution >= 0.6 is 11.6 Å².